The Morgan fingerprint density at radius 1 is 0.873 bits per heavy atom. The van der Waals surface area contributed by atoms with Crippen LogP contribution in [0.5, 0.6) is 0 Å². The Bertz CT molecular complexity index is 2110. The van der Waals surface area contributed by atoms with Gasteiger partial charge in [-0.3, -0.25) is 9.59 Å². The van der Waals surface area contributed by atoms with Crippen molar-refractivity contribution in [2.75, 3.05) is 49.7 Å². The van der Waals surface area contributed by atoms with Crippen molar-refractivity contribution in [2.45, 2.75) is 52.1 Å². The standard InChI is InChI=1S/C42H49ClN8O4/c1-42(2,3)55-41(54)51(5)25-11-7-6-10-23-50(4)24-13-18-37(52)46-30-21-19-29(20-22-30)39(53)47-31-14-12-15-32(26-31)48-40-45-28-35(43)38(49-40)34-27-44-36-17-9-8-16-33(34)36/h8-9,12-22,26-28,44H,6-7,10-11,23-25H2,1-5H3,(H,46,52)(H,47,53)(H,45,48,49)/b18-13+. The molecule has 0 bridgehead atoms. The highest BCUT2D eigenvalue weighted by Crippen LogP contribution is 2.33. The third kappa shape index (κ3) is 12.4. The van der Waals surface area contributed by atoms with Crippen LogP contribution < -0.4 is 16.0 Å². The van der Waals surface area contributed by atoms with Crippen LogP contribution in [-0.2, 0) is 9.53 Å². The van der Waals surface area contributed by atoms with Gasteiger partial charge in [0.05, 0.1) is 16.9 Å². The van der Waals surface area contributed by atoms with Gasteiger partial charge in [0.2, 0.25) is 11.9 Å². The summed E-state index contributed by atoms with van der Waals surface area (Å²) in [4.78, 5) is 53.7. The maximum atomic E-state index is 13.1. The van der Waals surface area contributed by atoms with E-state index in [9.17, 15) is 14.4 Å². The van der Waals surface area contributed by atoms with Crippen LogP contribution in [0.2, 0.25) is 5.02 Å². The third-order valence-corrected chi connectivity index (χ3v) is 8.83. The number of anilines is 4. The highest BCUT2D eigenvalue weighted by Gasteiger charge is 2.19. The minimum Gasteiger partial charge on any atom is -0.444 e. The van der Waals surface area contributed by atoms with Gasteiger partial charge in [0.1, 0.15) is 5.60 Å². The molecule has 288 valence electrons. The molecule has 0 aliphatic rings. The van der Waals surface area contributed by atoms with Gasteiger partial charge in [-0.15, -0.1) is 0 Å². The summed E-state index contributed by atoms with van der Waals surface area (Å²) in [5.41, 5.74) is 4.24. The van der Waals surface area contributed by atoms with Crippen LogP contribution >= 0.6 is 11.6 Å². The predicted octanol–water partition coefficient (Wildman–Crippen LogP) is 9.13. The molecule has 0 aliphatic carbocycles. The Labute approximate surface area is 327 Å². The van der Waals surface area contributed by atoms with Gasteiger partial charge in [-0.25, -0.2) is 14.8 Å². The molecule has 3 aromatic carbocycles. The molecule has 13 heteroatoms. The molecule has 0 fully saturated rings. The van der Waals surface area contributed by atoms with Crippen LogP contribution in [0.25, 0.3) is 22.2 Å². The minimum absolute atomic E-state index is 0.248. The van der Waals surface area contributed by atoms with Crippen molar-refractivity contribution in [3.05, 3.63) is 108 Å². The monoisotopic (exact) mass is 764 g/mol. The summed E-state index contributed by atoms with van der Waals surface area (Å²) >= 11 is 6.49. The molecule has 3 amide bonds. The lowest BCUT2D eigenvalue weighted by molar-refractivity contribution is -0.111. The number of fused-ring (bicyclic) bond motifs is 1. The van der Waals surface area contributed by atoms with E-state index in [1.807, 2.05) is 76.5 Å². The molecular formula is C42H49ClN8O4. The number of rotatable bonds is 16. The smallest absolute Gasteiger partial charge is 0.410 e. The number of amides is 3. The van der Waals surface area contributed by atoms with E-state index in [0.717, 1.165) is 48.7 Å². The Morgan fingerprint density at radius 2 is 1.60 bits per heavy atom. The van der Waals surface area contributed by atoms with Crippen molar-refractivity contribution in [2.24, 2.45) is 0 Å². The highest BCUT2D eigenvalue weighted by molar-refractivity contribution is 6.33. The fraction of sp³-hybridized carbons (Fsp3) is 0.310. The summed E-state index contributed by atoms with van der Waals surface area (Å²) in [7, 11) is 3.78. The number of H-pyrrole nitrogens is 1. The van der Waals surface area contributed by atoms with Crippen LogP contribution in [0, 0.1) is 0 Å². The number of unbranched alkanes of at least 4 members (excludes halogenated alkanes) is 3. The van der Waals surface area contributed by atoms with Crippen LogP contribution in [0.3, 0.4) is 0 Å². The lowest BCUT2D eigenvalue weighted by Gasteiger charge is -2.24. The minimum atomic E-state index is -0.491. The Kier molecular flexibility index (Phi) is 14.0. The number of para-hydroxylation sites is 1. The van der Waals surface area contributed by atoms with E-state index in [2.05, 4.69) is 35.8 Å². The molecular weight excluding hydrogens is 716 g/mol. The van der Waals surface area contributed by atoms with Gasteiger partial charge in [0.15, 0.2) is 0 Å². The van der Waals surface area contributed by atoms with Gasteiger partial charge in [-0.05, 0) is 95.7 Å². The van der Waals surface area contributed by atoms with E-state index in [1.54, 1.807) is 54.5 Å². The second kappa shape index (κ2) is 19.0. The molecule has 0 aliphatic heterocycles. The first-order valence-corrected chi connectivity index (χ1v) is 18.7. The van der Waals surface area contributed by atoms with Crippen molar-refractivity contribution in [3.8, 4) is 11.3 Å². The van der Waals surface area contributed by atoms with Gasteiger partial charge in [-0.1, -0.05) is 54.8 Å². The van der Waals surface area contributed by atoms with Crippen molar-refractivity contribution in [3.63, 3.8) is 0 Å². The predicted molar refractivity (Wildman–Crippen MR) is 221 cm³/mol. The number of hydrogen-bond acceptors (Lipinski definition) is 8. The molecule has 0 unspecified atom stereocenters. The molecule has 5 aromatic rings. The second-order valence-electron chi connectivity index (χ2n) is 14.3. The quantitative estimate of drug-likeness (QED) is 0.0575. The number of carbonyl (C=O) groups excluding carboxylic acids is 3. The number of nitrogens with zero attached hydrogens (tertiary/aromatic N) is 4. The van der Waals surface area contributed by atoms with Gasteiger partial charge in [0.25, 0.3) is 5.91 Å². The molecule has 12 nitrogen and oxygen atoms in total. The highest BCUT2D eigenvalue weighted by atomic mass is 35.5. The first kappa shape index (κ1) is 40.5. The summed E-state index contributed by atoms with van der Waals surface area (Å²) in [6.07, 6.45) is 10.5. The Hall–Kier alpha value is -5.72. The fourth-order valence-electron chi connectivity index (χ4n) is 5.73. The van der Waals surface area contributed by atoms with Crippen molar-refractivity contribution >= 4 is 63.4 Å². The summed E-state index contributed by atoms with van der Waals surface area (Å²) in [5.74, 6) is -0.185. The number of likely N-dealkylation sites (N-methyl/N-ethyl adjacent to an activating group) is 1. The first-order chi connectivity index (χ1) is 26.3. The number of halogens is 1. The fourth-order valence-corrected chi connectivity index (χ4v) is 5.92. The number of nitrogens with one attached hydrogen (secondary N) is 4. The van der Waals surface area contributed by atoms with Gasteiger partial charge in [0, 0.05) is 71.5 Å². The van der Waals surface area contributed by atoms with Gasteiger partial charge < -0.3 is 35.5 Å². The van der Waals surface area contributed by atoms with Gasteiger partial charge in [-0.2, -0.15) is 0 Å². The van der Waals surface area contributed by atoms with Crippen LogP contribution in [0.4, 0.5) is 27.8 Å². The average molecular weight is 765 g/mol. The largest absolute Gasteiger partial charge is 0.444 e. The molecule has 5 rings (SSSR count). The number of ether oxygens (including phenoxy) is 1. The lowest BCUT2D eigenvalue weighted by atomic mass is 10.1. The van der Waals surface area contributed by atoms with Crippen molar-refractivity contribution < 1.29 is 19.1 Å². The van der Waals surface area contributed by atoms with E-state index in [0.29, 0.717) is 52.4 Å². The molecule has 0 spiro atoms. The van der Waals surface area contributed by atoms with E-state index in [4.69, 9.17) is 16.3 Å². The van der Waals surface area contributed by atoms with Crippen molar-refractivity contribution in [1.29, 1.82) is 0 Å². The average Bonchev–Trinajstić information content (AvgIpc) is 3.57. The van der Waals surface area contributed by atoms with Crippen LogP contribution in [-0.4, -0.2) is 82.0 Å². The SMILES string of the molecule is CN(C/C=C/C(=O)Nc1ccc(C(=O)Nc2cccc(Nc3ncc(Cl)c(-c4c[nH]c5ccccc45)n3)c2)cc1)CCCCCCN(C)C(=O)OC(C)(C)C. The maximum Gasteiger partial charge on any atom is 0.410 e. The summed E-state index contributed by atoms with van der Waals surface area (Å²) in [6, 6.07) is 21.9. The zero-order chi connectivity index (χ0) is 39.4. The lowest BCUT2D eigenvalue weighted by Crippen LogP contribution is -2.34. The molecule has 4 N–H and O–H groups in total. The molecule has 2 aromatic heterocycles. The first-order valence-electron chi connectivity index (χ1n) is 18.3. The number of aromatic amines is 1. The summed E-state index contributed by atoms with van der Waals surface area (Å²) < 4.78 is 5.39. The summed E-state index contributed by atoms with van der Waals surface area (Å²) in [6.45, 7) is 7.81. The summed E-state index contributed by atoms with van der Waals surface area (Å²) in [5, 5.41) is 10.4. The van der Waals surface area contributed by atoms with E-state index >= 15 is 0 Å². The number of aromatic nitrogens is 3. The molecule has 2 heterocycles. The number of hydrogen-bond donors (Lipinski definition) is 4. The third-order valence-electron chi connectivity index (χ3n) is 8.55. The maximum absolute atomic E-state index is 13.1. The number of carbonyl (C=O) groups is 3. The van der Waals surface area contributed by atoms with Crippen LogP contribution in [0.1, 0.15) is 56.8 Å². The molecule has 55 heavy (non-hydrogen) atoms. The Morgan fingerprint density at radius 3 is 2.36 bits per heavy atom. The van der Waals surface area contributed by atoms with E-state index in [-0.39, 0.29) is 17.9 Å². The zero-order valence-electron chi connectivity index (χ0n) is 32.0. The second-order valence-corrected chi connectivity index (χ2v) is 14.8. The topological polar surface area (TPSA) is 145 Å². The van der Waals surface area contributed by atoms with Crippen LogP contribution in [0.15, 0.2) is 97.3 Å². The molecule has 0 atom stereocenters. The molecule has 0 radical (unpaired) electrons. The number of benzene rings is 3. The molecule has 0 saturated heterocycles. The van der Waals surface area contributed by atoms with Gasteiger partial charge >= 0.3 is 6.09 Å². The zero-order valence-corrected chi connectivity index (χ0v) is 32.7. The molecule has 0 saturated carbocycles. The normalized spacial score (nSPS) is 11.5. The van der Waals surface area contributed by atoms with Crippen molar-refractivity contribution in [1.82, 2.24) is 24.8 Å². The van der Waals surface area contributed by atoms with E-state index in [1.165, 1.54) is 6.08 Å². The Balaban J connectivity index is 1.03. The van der Waals surface area contributed by atoms with E-state index < -0.39 is 5.60 Å².